The van der Waals surface area contributed by atoms with E-state index in [4.69, 9.17) is 33.2 Å². The number of hydrogen-bond donors (Lipinski definition) is 2. The van der Waals surface area contributed by atoms with Crippen LogP contribution >= 0.6 is 0 Å². The van der Waals surface area contributed by atoms with Crippen LogP contribution in [0.4, 0.5) is 0 Å². The molecule has 2 N–H and O–H groups in total. The predicted molar refractivity (Wildman–Crippen MR) is 140 cm³/mol. The van der Waals surface area contributed by atoms with Gasteiger partial charge in [-0.3, -0.25) is 4.79 Å². The summed E-state index contributed by atoms with van der Waals surface area (Å²) < 4.78 is 42.1. The van der Waals surface area contributed by atoms with Gasteiger partial charge >= 0.3 is 5.97 Å². The number of ether oxygens (including phenoxy) is 7. The summed E-state index contributed by atoms with van der Waals surface area (Å²) in [6.45, 7) is 6.93. The topological polar surface area (TPSA) is 131 Å². The smallest absolute Gasteiger partial charge is 0.332 e. The van der Waals surface area contributed by atoms with Gasteiger partial charge in [0.1, 0.15) is 47.2 Å². The van der Waals surface area contributed by atoms with E-state index < -0.39 is 49.0 Å². The number of fused-ring (bicyclic) bond motifs is 2. The molecule has 7 unspecified atom stereocenters. The van der Waals surface area contributed by atoms with E-state index in [1.54, 1.807) is 25.3 Å². The van der Waals surface area contributed by atoms with Crippen LogP contribution in [0.1, 0.15) is 45.1 Å². The maximum Gasteiger partial charge on any atom is 0.332 e. The van der Waals surface area contributed by atoms with Crippen LogP contribution in [0.5, 0.6) is 17.2 Å². The van der Waals surface area contributed by atoms with Crippen LogP contribution in [-0.2, 0) is 35.0 Å². The molecule has 0 radical (unpaired) electrons. The summed E-state index contributed by atoms with van der Waals surface area (Å²) in [6.07, 6.45) is -4.60. The third kappa shape index (κ3) is 6.02. The number of carbonyl (C=O) groups excluding carboxylic acids is 1. The average Bonchev–Trinajstić information content (AvgIpc) is 3.23. The van der Waals surface area contributed by atoms with Gasteiger partial charge in [0.25, 0.3) is 0 Å². The minimum atomic E-state index is -1.19. The summed E-state index contributed by atoms with van der Waals surface area (Å²) >= 11 is 0. The number of methoxy groups -OCH3 is 1. The van der Waals surface area contributed by atoms with E-state index in [-0.39, 0.29) is 18.1 Å². The summed E-state index contributed by atoms with van der Waals surface area (Å²) in [5.74, 6) is 0.343. The molecule has 40 heavy (non-hydrogen) atoms. The van der Waals surface area contributed by atoms with Gasteiger partial charge in [-0.1, -0.05) is 18.2 Å². The normalized spacial score (nSPS) is 29.3. The van der Waals surface area contributed by atoms with Crippen molar-refractivity contribution in [3.8, 4) is 17.2 Å². The predicted octanol–water partition coefficient (Wildman–Crippen LogP) is 2.99. The van der Waals surface area contributed by atoms with E-state index in [9.17, 15) is 14.7 Å². The van der Waals surface area contributed by atoms with Crippen LogP contribution in [0.25, 0.3) is 0 Å². The molecule has 3 aliphatic rings. The number of rotatable bonds is 8. The van der Waals surface area contributed by atoms with Crippen molar-refractivity contribution >= 4 is 11.9 Å². The molecule has 2 saturated heterocycles. The van der Waals surface area contributed by atoms with Gasteiger partial charge in [-0.15, -0.1) is 0 Å². The van der Waals surface area contributed by atoms with E-state index in [0.717, 1.165) is 17.5 Å². The van der Waals surface area contributed by atoms with Gasteiger partial charge in [0.05, 0.1) is 13.7 Å². The Morgan fingerprint density at radius 1 is 1.10 bits per heavy atom. The van der Waals surface area contributed by atoms with Gasteiger partial charge in [-0.2, -0.15) is 0 Å². The molecule has 2 aromatic carbocycles. The van der Waals surface area contributed by atoms with Crippen LogP contribution in [0, 0.1) is 0 Å². The van der Waals surface area contributed by atoms with Crippen LogP contribution in [0.15, 0.2) is 42.5 Å². The minimum absolute atomic E-state index is 0.122. The second-order valence-corrected chi connectivity index (χ2v) is 10.8. The SMILES string of the molecule is COc1ccc(C2OCC3OC(Oc4ccc5c(c4)OC(C)(C)C5)C(NC(C)=O)C(OC(C)C(=O)O)C3O2)cc1. The Kier molecular flexibility index (Phi) is 7.92. The van der Waals surface area contributed by atoms with Crippen LogP contribution < -0.4 is 19.5 Å². The lowest BCUT2D eigenvalue weighted by molar-refractivity contribution is -0.340. The molecule has 0 aromatic heterocycles. The lowest BCUT2D eigenvalue weighted by Gasteiger charge is -2.49. The Labute approximate surface area is 232 Å². The van der Waals surface area contributed by atoms with Gasteiger partial charge < -0.3 is 43.6 Å². The number of benzene rings is 2. The molecule has 2 fully saturated rings. The molecule has 3 heterocycles. The summed E-state index contributed by atoms with van der Waals surface area (Å²) in [5, 5.41) is 12.5. The standard InChI is InChI=1S/C29H35NO10/c1-15(26(32)33)36-25-23(30-16(2)31)28(37-20-11-8-18-13-29(3,4)40-21(18)12-20)38-22-14-35-27(39-24(22)25)17-6-9-19(34-5)10-7-17/h6-12,15,22-25,27-28H,13-14H2,1-5H3,(H,30,31)(H,32,33). The quantitative estimate of drug-likeness (QED) is 0.499. The van der Waals surface area contributed by atoms with Crippen molar-refractivity contribution in [3.05, 3.63) is 53.6 Å². The number of amides is 1. The van der Waals surface area contributed by atoms with Gasteiger partial charge in [0.15, 0.2) is 12.4 Å². The fourth-order valence-corrected chi connectivity index (χ4v) is 5.22. The molecule has 11 heteroatoms. The first-order chi connectivity index (χ1) is 19.0. The van der Waals surface area contributed by atoms with Crippen molar-refractivity contribution in [1.29, 1.82) is 0 Å². The Morgan fingerprint density at radius 3 is 2.50 bits per heavy atom. The number of nitrogens with one attached hydrogen (secondary N) is 1. The highest BCUT2D eigenvalue weighted by molar-refractivity contribution is 5.73. The van der Waals surface area contributed by atoms with Crippen molar-refractivity contribution < 1.29 is 47.9 Å². The van der Waals surface area contributed by atoms with Crippen LogP contribution in [0.3, 0.4) is 0 Å². The van der Waals surface area contributed by atoms with Gasteiger partial charge in [-0.25, -0.2) is 4.79 Å². The van der Waals surface area contributed by atoms with E-state index in [1.165, 1.54) is 13.8 Å². The summed E-state index contributed by atoms with van der Waals surface area (Å²) in [5.41, 5.74) is 1.48. The second kappa shape index (κ2) is 11.2. The monoisotopic (exact) mass is 557 g/mol. The molecule has 0 bridgehead atoms. The molecule has 3 aliphatic heterocycles. The highest BCUT2D eigenvalue weighted by Crippen LogP contribution is 2.40. The number of aliphatic carboxylic acids is 1. The lowest BCUT2D eigenvalue weighted by atomic mass is 9.95. The number of hydrogen-bond acceptors (Lipinski definition) is 9. The highest BCUT2D eigenvalue weighted by atomic mass is 16.8. The molecule has 2 aromatic rings. The maximum absolute atomic E-state index is 12.3. The molecule has 0 aliphatic carbocycles. The van der Waals surface area contributed by atoms with Crippen molar-refractivity contribution in [3.63, 3.8) is 0 Å². The fourth-order valence-electron chi connectivity index (χ4n) is 5.22. The largest absolute Gasteiger partial charge is 0.497 e. The fraction of sp³-hybridized carbons (Fsp3) is 0.517. The molecular formula is C29H35NO10. The van der Waals surface area contributed by atoms with E-state index in [2.05, 4.69) is 5.32 Å². The van der Waals surface area contributed by atoms with E-state index in [0.29, 0.717) is 17.2 Å². The van der Waals surface area contributed by atoms with Crippen molar-refractivity contribution in [1.82, 2.24) is 5.32 Å². The van der Waals surface area contributed by atoms with Gasteiger partial charge in [-0.05, 0) is 44.5 Å². The molecule has 0 saturated carbocycles. The molecule has 11 nitrogen and oxygen atoms in total. The average molecular weight is 558 g/mol. The van der Waals surface area contributed by atoms with Crippen LogP contribution in [-0.4, -0.2) is 73.0 Å². The second-order valence-electron chi connectivity index (χ2n) is 10.8. The molecular weight excluding hydrogens is 522 g/mol. The first kappa shape index (κ1) is 28.2. The number of carboxylic acids is 1. The van der Waals surface area contributed by atoms with E-state index >= 15 is 0 Å². The lowest BCUT2D eigenvalue weighted by Crippen LogP contribution is -2.68. The highest BCUT2D eigenvalue weighted by Gasteiger charge is 2.53. The first-order valence-electron chi connectivity index (χ1n) is 13.2. The molecule has 1 amide bonds. The Bertz CT molecular complexity index is 1230. The zero-order valence-electron chi connectivity index (χ0n) is 23.1. The Balaban J connectivity index is 1.42. The summed E-state index contributed by atoms with van der Waals surface area (Å²) in [7, 11) is 1.58. The van der Waals surface area contributed by atoms with Crippen molar-refractivity contribution in [2.45, 2.75) is 82.8 Å². The molecule has 0 spiro atoms. The maximum atomic E-state index is 12.3. The van der Waals surface area contributed by atoms with Gasteiger partial charge in [0, 0.05) is 25.0 Å². The Morgan fingerprint density at radius 2 is 1.82 bits per heavy atom. The summed E-state index contributed by atoms with van der Waals surface area (Å²) in [4.78, 5) is 24.1. The zero-order chi connectivity index (χ0) is 28.6. The minimum Gasteiger partial charge on any atom is -0.497 e. The van der Waals surface area contributed by atoms with Crippen molar-refractivity contribution in [2.75, 3.05) is 13.7 Å². The number of carboxylic acid groups (broad SMARTS) is 1. The molecule has 216 valence electrons. The van der Waals surface area contributed by atoms with Crippen molar-refractivity contribution in [2.24, 2.45) is 0 Å². The molecule has 5 rings (SSSR count). The number of carbonyl (C=O) groups is 2. The zero-order valence-corrected chi connectivity index (χ0v) is 23.1. The Hall–Kier alpha value is -3.38. The summed E-state index contributed by atoms with van der Waals surface area (Å²) in [6, 6.07) is 11.8. The van der Waals surface area contributed by atoms with Gasteiger partial charge in [0.2, 0.25) is 12.2 Å². The third-order valence-electron chi connectivity index (χ3n) is 7.10. The third-order valence-corrected chi connectivity index (χ3v) is 7.10. The van der Waals surface area contributed by atoms with E-state index in [1.807, 2.05) is 38.1 Å². The molecule has 7 atom stereocenters. The van der Waals surface area contributed by atoms with Crippen LogP contribution in [0.2, 0.25) is 0 Å². The first-order valence-corrected chi connectivity index (χ1v) is 13.2.